The zero-order valence-corrected chi connectivity index (χ0v) is 16.8. The summed E-state index contributed by atoms with van der Waals surface area (Å²) in [5.41, 5.74) is -0.411. The Morgan fingerprint density at radius 1 is 1.17 bits per heavy atom. The van der Waals surface area contributed by atoms with E-state index in [0.717, 1.165) is 38.5 Å². The number of hydrogen-bond acceptors (Lipinski definition) is 6. The number of halogens is 3. The van der Waals surface area contributed by atoms with E-state index in [1.54, 1.807) is 0 Å². The van der Waals surface area contributed by atoms with E-state index in [2.05, 4.69) is 27.2 Å². The van der Waals surface area contributed by atoms with Crippen molar-refractivity contribution in [1.82, 2.24) is 15.5 Å². The molecule has 1 aromatic heterocycles. The Morgan fingerprint density at radius 2 is 1.90 bits per heavy atom. The highest BCUT2D eigenvalue weighted by Crippen LogP contribution is 2.67. The summed E-state index contributed by atoms with van der Waals surface area (Å²) in [6.07, 6.45) is 0.638. The zero-order chi connectivity index (χ0) is 21.1. The number of carbonyl (C=O) groups excluding carboxylic acids is 1. The number of alkyl halides is 3. The molecular formula is C20H26F3N3O4. The van der Waals surface area contributed by atoms with Crippen molar-refractivity contribution in [2.45, 2.75) is 93.7 Å². The van der Waals surface area contributed by atoms with Crippen LogP contribution in [0.4, 0.5) is 13.2 Å². The van der Waals surface area contributed by atoms with E-state index in [1.807, 2.05) is 0 Å². The summed E-state index contributed by atoms with van der Waals surface area (Å²) in [5, 5.41) is 11.3. The average Bonchev–Trinajstić information content (AvgIpc) is 3.19. The van der Waals surface area contributed by atoms with E-state index in [0.29, 0.717) is 17.7 Å². The number of nitrogens with zero attached hydrogens (tertiary/aromatic N) is 2. The summed E-state index contributed by atoms with van der Waals surface area (Å²) < 4.78 is 52.2. The molecule has 0 aromatic carbocycles. The third-order valence-corrected chi connectivity index (χ3v) is 7.17. The van der Waals surface area contributed by atoms with Crippen LogP contribution in [0.25, 0.3) is 0 Å². The molecule has 5 fully saturated rings. The van der Waals surface area contributed by atoms with Crippen molar-refractivity contribution in [2.24, 2.45) is 5.92 Å². The molecule has 5 saturated carbocycles. The smallest absolute Gasteiger partial charge is 0.424 e. The van der Waals surface area contributed by atoms with Gasteiger partial charge in [0.1, 0.15) is 6.61 Å². The van der Waals surface area contributed by atoms with Crippen LogP contribution < -0.4 is 5.32 Å². The van der Waals surface area contributed by atoms with Crippen LogP contribution in [0.3, 0.4) is 0 Å². The van der Waals surface area contributed by atoms with Gasteiger partial charge in [0.05, 0.1) is 17.6 Å². The fourth-order valence-corrected chi connectivity index (χ4v) is 5.65. The first kappa shape index (κ1) is 20.2. The normalized spacial score (nSPS) is 39.7. The standard InChI is InChI=1S/C20H26F3N3O4/c1-11-2-3-13(4-11)28-7-15(27)24-19-8-18(9-19,10-19)17-26-25-16(29-17)12-5-14(6-12)30-20(21,22)23/h11-14H,2-10H2,1H3,(H,24,27)/t11-,12?,13?,14?,18?,19?/m0/s1. The maximum Gasteiger partial charge on any atom is 0.522 e. The highest BCUT2D eigenvalue weighted by Gasteiger charge is 2.71. The Morgan fingerprint density at radius 3 is 2.53 bits per heavy atom. The first-order valence-electron chi connectivity index (χ1n) is 10.6. The van der Waals surface area contributed by atoms with Gasteiger partial charge < -0.3 is 14.5 Å². The van der Waals surface area contributed by atoms with Gasteiger partial charge in [0.2, 0.25) is 17.7 Å². The first-order valence-corrected chi connectivity index (χ1v) is 10.6. The second-order valence-electron chi connectivity index (χ2n) is 9.79. The predicted octanol–water partition coefficient (Wildman–Crippen LogP) is 3.35. The number of carbonyl (C=O) groups is 1. The Labute approximate surface area is 172 Å². The highest BCUT2D eigenvalue weighted by molar-refractivity contribution is 5.79. The minimum atomic E-state index is -4.61. The van der Waals surface area contributed by atoms with Crippen molar-refractivity contribution in [3.63, 3.8) is 0 Å². The molecule has 7 nitrogen and oxygen atoms in total. The molecule has 2 bridgehead atoms. The molecule has 1 unspecified atom stereocenters. The van der Waals surface area contributed by atoms with E-state index in [-0.39, 0.29) is 48.3 Å². The Bertz CT molecular complexity index is 801. The van der Waals surface area contributed by atoms with Crippen molar-refractivity contribution in [2.75, 3.05) is 6.61 Å². The maximum atomic E-state index is 12.2. The van der Waals surface area contributed by atoms with Crippen LogP contribution in [0.5, 0.6) is 0 Å². The van der Waals surface area contributed by atoms with Crippen molar-refractivity contribution in [3.8, 4) is 0 Å². The monoisotopic (exact) mass is 429 g/mol. The molecule has 6 rings (SSSR count). The number of rotatable bonds is 7. The topological polar surface area (TPSA) is 86.5 Å². The number of amides is 1. The molecule has 1 N–H and O–H groups in total. The van der Waals surface area contributed by atoms with E-state index in [4.69, 9.17) is 9.15 Å². The van der Waals surface area contributed by atoms with E-state index in [1.165, 1.54) is 0 Å². The number of aromatic nitrogens is 2. The van der Waals surface area contributed by atoms with Crippen LogP contribution in [-0.2, 0) is 19.7 Å². The molecule has 30 heavy (non-hydrogen) atoms. The lowest BCUT2D eigenvalue weighted by molar-refractivity contribution is -0.352. The summed E-state index contributed by atoms with van der Waals surface area (Å²) in [6.45, 7) is 2.30. The second kappa shape index (κ2) is 6.91. The Kier molecular flexibility index (Phi) is 4.66. The number of nitrogens with one attached hydrogen (secondary N) is 1. The molecule has 166 valence electrons. The van der Waals surface area contributed by atoms with Crippen molar-refractivity contribution in [1.29, 1.82) is 0 Å². The molecule has 0 saturated heterocycles. The van der Waals surface area contributed by atoms with Crippen molar-refractivity contribution >= 4 is 5.91 Å². The number of hydrogen-bond donors (Lipinski definition) is 1. The van der Waals surface area contributed by atoms with E-state index < -0.39 is 12.5 Å². The van der Waals surface area contributed by atoms with Gasteiger partial charge in [-0.15, -0.1) is 23.4 Å². The van der Waals surface area contributed by atoms with E-state index >= 15 is 0 Å². The molecule has 10 heteroatoms. The lowest BCUT2D eigenvalue weighted by Crippen LogP contribution is -2.77. The van der Waals surface area contributed by atoms with Crippen molar-refractivity contribution < 1.29 is 31.9 Å². The Hall–Kier alpha value is -1.68. The number of ether oxygens (including phenoxy) is 2. The molecule has 2 atom stereocenters. The third-order valence-electron chi connectivity index (χ3n) is 7.17. The van der Waals surface area contributed by atoms with Crippen LogP contribution in [0.1, 0.15) is 76.0 Å². The van der Waals surface area contributed by atoms with Gasteiger partial charge >= 0.3 is 6.36 Å². The fraction of sp³-hybridized carbons (Fsp3) is 0.850. The summed E-state index contributed by atoms with van der Waals surface area (Å²) in [6, 6.07) is 0. The van der Waals surface area contributed by atoms with Gasteiger partial charge in [-0.2, -0.15) is 0 Å². The summed E-state index contributed by atoms with van der Waals surface area (Å²) in [5.74, 6) is 1.31. The van der Waals surface area contributed by atoms with Crippen LogP contribution in [0.15, 0.2) is 4.42 Å². The van der Waals surface area contributed by atoms with E-state index in [9.17, 15) is 18.0 Å². The molecule has 0 spiro atoms. The van der Waals surface area contributed by atoms with Gasteiger partial charge in [-0.1, -0.05) is 6.92 Å². The zero-order valence-electron chi connectivity index (χ0n) is 16.8. The summed E-state index contributed by atoms with van der Waals surface area (Å²) in [7, 11) is 0. The molecule has 1 heterocycles. The van der Waals surface area contributed by atoms with Crippen LogP contribution >= 0.6 is 0 Å². The summed E-state index contributed by atoms with van der Waals surface area (Å²) >= 11 is 0. The fourth-order valence-electron chi connectivity index (χ4n) is 5.65. The molecule has 0 radical (unpaired) electrons. The van der Waals surface area contributed by atoms with Gasteiger partial charge in [0.25, 0.3) is 0 Å². The van der Waals surface area contributed by atoms with Gasteiger partial charge in [-0.25, -0.2) is 0 Å². The van der Waals surface area contributed by atoms with Gasteiger partial charge in [0, 0.05) is 11.5 Å². The molecule has 1 aromatic rings. The molecule has 5 aliphatic carbocycles. The first-order chi connectivity index (χ1) is 14.1. The van der Waals surface area contributed by atoms with Gasteiger partial charge in [0.15, 0.2) is 0 Å². The largest absolute Gasteiger partial charge is 0.522 e. The lowest BCUT2D eigenvalue weighted by Gasteiger charge is -2.68. The highest BCUT2D eigenvalue weighted by atomic mass is 19.4. The molecule has 1 amide bonds. The quantitative estimate of drug-likeness (QED) is 0.716. The van der Waals surface area contributed by atoms with Crippen LogP contribution in [0.2, 0.25) is 0 Å². The third kappa shape index (κ3) is 3.72. The molecule has 5 aliphatic rings. The van der Waals surface area contributed by atoms with Crippen LogP contribution in [0, 0.1) is 5.92 Å². The lowest BCUT2D eigenvalue weighted by atomic mass is 9.39. The van der Waals surface area contributed by atoms with Gasteiger partial charge in [-0.05, 0) is 57.3 Å². The van der Waals surface area contributed by atoms with Gasteiger partial charge in [-0.3, -0.25) is 9.53 Å². The minimum Gasteiger partial charge on any atom is -0.424 e. The minimum absolute atomic E-state index is 0.0840. The summed E-state index contributed by atoms with van der Waals surface area (Å²) in [4.78, 5) is 12.2. The predicted molar refractivity (Wildman–Crippen MR) is 96.4 cm³/mol. The van der Waals surface area contributed by atoms with Crippen molar-refractivity contribution in [3.05, 3.63) is 11.8 Å². The maximum absolute atomic E-state index is 12.2. The Balaban J connectivity index is 1.07. The molecule has 0 aliphatic heterocycles. The second-order valence-corrected chi connectivity index (χ2v) is 9.79. The average molecular weight is 429 g/mol. The SMILES string of the molecule is C[C@H]1CCC(OCC(=O)NC23CC(c4nnc(C5CC(OC(F)(F)F)C5)o4)(C2)C3)C1. The molecular weight excluding hydrogens is 403 g/mol. The van der Waals surface area contributed by atoms with Crippen LogP contribution in [-0.4, -0.2) is 46.8 Å².